The van der Waals surface area contributed by atoms with Crippen LogP contribution in [0.4, 0.5) is 13.2 Å². The lowest BCUT2D eigenvalue weighted by Crippen LogP contribution is -2.25. The van der Waals surface area contributed by atoms with Gasteiger partial charge in [0.05, 0.1) is 0 Å². The van der Waals surface area contributed by atoms with Crippen LogP contribution < -0.4 is 10.1 Å². The summed E-state index contributed by atoms with van der Waals surface area (Å²) in [5, 5.41) is 3.30. The lowest BCUT2D eigenvalue weighted by molar-refractivity contribution is -0.274. The molecule has 0 aliphatic rings. The van der Waals surface area contributed by atoms with Gasteiger partial charge >= 0.3 is 6.36 Å². The molecule has 0 fully saturated rings. The molecule has 0 amide bonds. The molecule has 0 aliphatic carbocycles. The standard InChI is InChI=1S/C15H22F3NOS/c1-5-19-13(10-21-14(2,3)4)11-7-6-8-12(9-11)20-15(16,17)18/h6-9,13,19H,5,10H2,1-4H3. The number of benzene rings is 1. The molecular weight excluding hydrogens is 299 g/mol. The van der Waals surface area contributed by atoms with Crippen molar-refractivity contribution in [1.29, 1.82) is 0 Å². The van der Waals surface area contributed by atoms with Gasteiger partial charge in [-0.1, -0.05) is 39.8 Å². The molecule has 21 heavy (non-hydrogen) atoms. The Kier molecular flexibility index (Phi) is 6.41. The molecular formula is C15H22F3NOS. The minimum atomic E-state index is -4.66. The Morgan fingerprint density at radius 1 is 1.24 bits per heavy atom. The summed E-state index contributed by atoms with van der Waals surface area (Å²) in [6.07, 6.45) is -4.66. The Balaban J connectivity index is 2.85. The Labute approximate surface area is 128 Å². The maximum absolute atomic E-state index is 12.3. The number of nitrogens with one attached hydrogen (secondary N) is 1. The van der Waals surface area contributed by atoms with E-state index in [1.165, 1.54) is 12.1 Å². The van der Waals surface area contributed by atoms with Crippen molar-refractivity contribution < 1.29 is 17.9 Å². The van der Waals surface area contributed by atoms with Gasteiger partial charge in [0, 0.05) is 16.5 Å². The maximum Gasteiger partial charge on any atom is 0.573 e. The number of rotatable bonds is 6. The topological polar surface area (TPSA) is 21.3 Å². The first kappa shape index (κ1) is 18.2. The van der Waals surface area contributed by atoms with Gasteiger partial charge in [-0.25, -0.2) is 0 Å². The molecule has 1 unspecified atom stereocenters. The average Bonchev–Trinajstić information content (AvgIpc) is 2.31. The van der Waals surface area contributed by atoms with Gasteiger partial charge in [-0.2, -0.15) is 11.8 Å². The van der Waals surface area contributed by atoms with E-state index in [1.807, 2.05) is 13.0 Å². The monoisotopic (exact) mass is 321 g/mol. The van der Waals surface area contributed by atoms with Crippen molar-refractivity contribution in [2.75, 3.05) is 12.3 Å². The molecule has 0 spiro atoms. The van der Waals surface area contributed by atoms with Crippen LogP contribution in [0.15, 0.2) is 24.3 Å². The fourth-order valence-corrected chi connectivity index (χ4v) is 2.76. The largest absolute Gasteiger partial charge is 0.573 e. The van der Waals surface area contributed by atoms with Crippen LogP contribution in [0.3, 0.4) is 0 Å². The molecule has 0 aromatic heterocycles. The zero-order chi connectivity index (χ0) is 16.1. The highest BCUT2D eigenvalue weighted by Gasteiger charge is 2.31. The number of alkyl halides is 3. The summed E-state index contributed by atoms with van der Waals surface area (Å²) in [4.78, 5) is 0. The number of hydrogen-bond acceptors (Lipinski definition) is 3. The van der Waals surface area contributed by atoms with Gasteiger partial charge in [0.2, 0.25) is 0 Å². The lowest BCUT2D eigenvalue weighted by atomic mass is 10.1. The Bertz CT molecular complexity index is 443. The minimum Gasteiger partial charge on any atom is -0.406 e. The SMILES string of the molecule is CCNC(CSC(C)(C)C)c1cccc(OC(F)(F)F)c1. The van der Waals surface area contributed by atoms with Crippen molar-refractivity contribution in [3.63, 3.8) is 0 Å². The molecule has 1 aromatic rings. The molecule has 120 valence electrons. The second kappa shape index (κ2) is 7.40. The van der Waals surface area contributed by atoms with Gasteiger partial charge < -0.3 is 10.1 Å². The predicted octanol–water partition coefficient (Wildman–Crippen LogP) is 4.77. The fraction of sp³-hybridized carbons (Fsp3) is 0.600. The van der Waals surface area contributed by atoms with Crippen LogP contribution in [0.2, 0.25) is 0 Å². The second-order valence-corrected chi connectivity index (χ2v) is 7.50. The van der Waals surface area contributed by atoms with Crippen molar-refractivity contribution in [2.24, 2.45) is 0 Å². The molecule has 0 heterocycles. The average molecular weight is 321 g/mol. The van der Waals surface area contributed by atoms with Crippen LogP contribution in [0, 0.1) is 0 Å². The van der Waals surface area contributed by atoms with E-state index in [9.17, 15) is 13.2 Å². The molecule has 0 radical (unpaired) electrons. The van der Waals surface area contributed by atoms with E-state index in [4.69, 9.17) is 0 Å². The molecule has 1 atom stereocenters. The van der Waals surface area contributed by atoms with Crippen LogP contribution in [0.25, 0.3) is 0 Å². The van der Waals surface area contributed by atoms with E-state index in [0.717, 1.165) is 17.9 Å². The van der Waals surface area contributed by atoms with Gasteiger partial charge in [0.15, 0.2) is 0 Å². The molecule has 1 aromatic carbocycles. The van der Waals surface area contributed by atoms with E-state index in [2.05, 4.69) is 30.8 Å². The summed E-state index contributed by atoms with van der Waals surface area (Å²) in [5.74, 6) is 0.607. The van der Waals surface area contributed by atoms with Gasteiger partial charge in [-0.3, -0.25) is 0 Å². The first-order valence-electron chi connectivity index (χ1n) is 6.84. The van der Waals surface area contributed by atoms with E-state index in [0.29, 0.717) is 0 Å². The Morgan fingerprint density at radius 3 is 2.43 bits per heavy atom. The summed E-state index contributed by atoms with van der Waals surface area (Å²) in [6, 6.07) is 6.17. The number of ether oxygens (including phenoxy) is 1. The first-order valence-corrected chi connectivity index (χ1v) is 7.82. The normalized spacial score (nSPS) is 14.0. The summed E-state index contributed by atoms with van der Waals surface area (Å²) in [7, 11) is 0. The lowest BCUT2D eigenvalue weighted by Gasteiger charge is -2.24. The zero-order valence-electron chi connectivity index (χ0n) is 12.8. The van der Waals surface area contributed by atoms with Crippen LogP contribution >= 0.6 is 11.8 Å². The second-order valence-electron chi connectivity index (χ2n) is 5.65. The molecule has 0 aliphatic heterocycles. The van der Waals surface area contributed by atoms with Crippen molar-refractivity contribution in [1.82, 2.24) is 5.32 Å². The molecule has 6 heteroatoms. The van der Waals surface area contributed by atoms with E-state index >= 15 is 0 Å². The number of thioether (sulfide) groups is 1. The third-order valence-corrected chi connectivity index (χ3v) is 3.99. The third kappa shape index (κ3) is 7.62. The first-order chi connectivity index (χ1) is 9.61. The quantitative estimate of drug-likeness (QED) is 0.815. The Hall–Kier alpha value is -0.880. The predicted molar refractivity (Wildman–Crippen MR) is 81.8 cm³/mol. The summed E-state index contributed by atoms with van der Waals surface area (Å²) < 4.78 is 40.9. The molecule has 1 rings (SSSR count). The fourth-order valence-electron chi connectivity index (χ4n) is 1.78. The summed E-state index contributed by atoms with van der Waals surface area (Å²) in [5.41, 5.74) is 0.801. The van der Waals surface area contributed by atoms with Crippen molar-refractivity contribution in [3.8, 4) is 5.75 Å². The highest BCUT2D eigenvalue weighted by Crippen LogP contribution is 2.30. The third-order valence-electron chi connectivity index (χ3n) is 2.63. The van der Waals surface area contributed by atoms with E-state index in [1.54, 1.807) is 17.8 Å². The molecule has 0 saturated carbocycles. The van der Waals surface area contributed by atoms with E-state index < -0.39 is 6.36 Å². The smallest absolute Gasteiger partial charge is 0.406 e. The van der Waals surface area contributed by atoms with Crippen LogP contribution in [0.5, 0.6) is 5.75 Å². The van der Waals surface area contributed by atoms with Crippen LogP contribution in [-0.2, 0) is 0 Å². The summed E-state index contributed by atoms with van der Waals surface area (Å²) >= 11 is 1.77. The Morgan fingerprint density at radius 2 is 1.90 bits per heavy atom. The highest BCUT2D eigenvalue weighted by molar-refractivity contribution is 8.00. The maximum atomic E-state index is 12.3. The highest BCUT2D eigenvalue weighted by atomic mass is 32.2. The van der Waals surface area contributed by atoms with Gasteiger partial charge in [0.1, 0.15) is 5.75 Å². The molecule has 0 bridgehead atoms. The van der Waals surface area contributed by atoms with Crippen molar-refractivity contribution in [2.45, 2.75) is 44.8 Å². The van der Waals surface area contributed by atoms with Gasteiger partial charge in [-0.05, 0) is 24.2 Å². The van der Waals surface area contributed by atoms with Gasteiger partial charge in [0.25, 0.3) is 0 Å². The number of halogens is 3. The number of hydrogen-bond donors (Lipinski definition) is 1. The minimum absolute atomic E-state index is 0.00370. The van der Waals surface area contributed by atoms with Gasteiger partial charge in [-0.15, -0.1) is 13.2 Å². The van der Waals surface area contributed by atoms with Crippen molar-refractivity contribution in [3.05, 3.63) is 29.8 Å². The van der Waals surface area contributed by atoms with Crippen LogP contribution in [0.1, 0.15) is 39.3 Å². The van der Waals surface area contributed by atoms with Crippen molar-refractivity contribution >= 4 is 11.8 Å². The molecule has 2 nitrogen and oxygen atoms in total. The summed E-state index contributed by atoms with van der Waals surface area (Å²) in [6.45, 7) is 9.07. The van der Waals surface area contributed by atoms with E-state index in [-0.39, 0.29) is 16.5 Å². The zero-order valence-corrected chi connectivity index (χ0v) is 13.6. The molecule has 0 saturated heterocycles. The molecule has 1 N–H and O–H groups in total. The van der Waals surface area contributed by atoms with Crippen LogP contribution in [-0.4, -0.2) is 23.4 Å².